The summed E-state index contributed by atoms with van der Waals surface area (Å²) in [6, 6.07) is 21.5. The summed E-state index contributed by atoms with van der Waals surface area (Å²) in [5, 5.41) is 0. The fourth-order valence-electron chi connectivity index (χ4n) is 4.81. The Morgan fingerprint density at radius 2 is 1.72 bits per heavy atom. The molecule has 0 amide bonds. The van der Waals surface area contributed by atoms with Crippen molar-refractivity contribution in [2.75, 3.05) is 44.7 Å². The first-order chi connectivity index (χ1) is 15.8. The highest BCUT2D eigenvalue weighted by atomic mass is 16.5. The van der Waals surface area contributed by atoms with E-state index < -0.39 is 0 Å². The van der Waals surface area contributed by atoms with Crippen LogP contribution in [0.5, 0.6) is 0 Å². The maximum atomic E-state index is 5.88. The Hall–Kier alpha value is -3.22. The molecule has 0 N–H and O–H groups in total. The highest BCUT2D eigenvalue weighted by Gasteiger charge is 2.25. The summed E-state index contributed by atoms with van der Waals surface area (Å²) >= 11 is 0. The summed E-state index contributed by atoms with van der Waals surface area (Å²) in [5.74, 6) is 2.05. The number of pyridine rings is 1. The molecule has 4 heterocycles. The lowest BCUT2D eigenvalue weighted by Gasteiger charge is -2.33. The topological polar surface area (TPSA) is 46.4 Å². The lowest BCUT2D eigenvalue weighted by Crippen LogP contribution is -2.44. The number of rotatable bonds is 3. The fraction of sp³-hybridized carbons (Fsp3) is 0.308. The first kappa shape index (κ1) is 19.5. The molecule has 0 radical (unpaired) electrons. The molecule has 6 rings (SSSR count). The van der Waals surface area contributed by atoms with E-state index in [4.69, 9.17) is 14.7 Å². The monoisotopic (exact) mass is 425 g/mol. The van der Waals surface area contributed by atoms with Crippen molar-refractivity contribution in [3.05, 3.63) is 78.2 Å². The lowest BCUT2D eigenvalue weighted by molar-refractivity contribution is 0.0679. The van der Waals surface area contributed by atoms with Crippen molar-refractivity contribution >= 4 is 16.9 Å². The van der Waals surface area contributed by atoms with Gasteiger partial charge in [-0.05, 0) is 42.4 Å². The number of hydrogen-bond donors (Lipinski definition) is 0. The van der Waals surface area contributed by atoms with E-state index in [1.807, 2.05) is 6.20 Å². The second-order valence-corrected chi connectivity index (χ2v) is 8.74. The molecule has 1 saturated heterocycles. The average Bonchev–Trinajstić information content (AvgIpc) is 3.23. The number of aromatic nitrogens is 3. The van der Waals surface area contributed by atoms with Gasteiger partial charge in [0.05, 0.1) is 23.7 Å². The molecule has 0 aliphatic carbocycles. The zero-order valence-corrected chi connectivity index (χ0v) is 18.3. The van der Waals surface area contributed by atoms with Gasteiger partial charge in [0, 0.05) is 37.9 Å². The largest absolute Gasteiger partial charge is 0.371 e. The van der Waals surface area contributed by atoms with Crippen LogP contribution in [0.1, 0.15) is 17.4 Å². The van der Waals surface area contributed by atoms with Crippen LogP contribution in [0.3, 0.4) is 0 Å². The van der Waals surface area contributed by atoms with E-state index in [1.54, 1.807) is 0 Å². The smallest absolute Gasteiger partial charge is 0.136 e. The van der Waals surface area contributed by atoms with Crippen molar-refractivity contribution in [1.29, 1.82) is 0 Å². The van der Waals surface area contributed by atoms with Gasteiger partial charge in [-0.25, -0.2) is 9.97 Å². The Kier molecular flexibility index (Phi) is 4.89. The summed E-state index contributed by atoms with van der Waals surface area (Å²) in [5.41, 5.74) is 5.70. The third kappa shape index (κ3) is 3.45. The Balaban J connectivity index is 1.35. The quantitative estimate of drug-likeness (QED) is 0.497. The van der Waals surface area contributed by atoms with Crippen LogP contribution in [0.2, 0.25) is 0 Å². The van der Waals surface area contributed by atoms with Crippen LogP contribution >= 0.6 is 0 Å². The maximum absolute atomic E-state index is 5.88. The molecule has 0 bridgehead atoms. The second-order valence-electron chi connectivity index (χ2n) is 8.74. The van der Waals surface area contributed by atoms with Crippen LogP contribution in [0, 0.1) is 0 Å². The molecular weight excluding hydrogens is 398 g/mol. The van der Waals surface area contributed by atoms with Gasteiger partial charge in [-0.1, -0.05) is 36.4 Å². The van der Waals surface area contributed by atoms with Crippen LogP contribution in [0.25, 0.3) is 22.2 Å². The number of anilines is 1. The van der Waals surface area contributed by atoms with Gasteiger partial charge in [-0.3, -0.25) is 0 Å². The molecule has 6 heteroatoms. The number of imidazole rings is 1. The number of nitrogens with zero attached hydrogens (tertiary/aromatic N) is 5. The predicted molar refractivity (Wildman–Crippen MR) is 127 cm³/mol. The molecule has 162 valence electrons. The molecule has 2 aliphatic rings. The number of ether oxygens (including phenoxy) is 1. The van der Waals surface area contributed by atoms with Gasteiger partial charge in [-0.15, -0.1) is 0 Å². The van der Waals surface area contributed by atoms with Crippen molar-refractivity contribution in [3.63, 3.8) is 0 Å². The standard InChI is InChI=1S/C26H27N5O/c1-29-11-13-30(14-12-29)25-10-8-21(16-27-25)20-7-9-22-23(15-20)31-24(17-32-18-26(31)28-22)19-5-3-2-4-6-19/h2-10,15-16,24H,11-14,17-18H2,1H3. The van der Waals surface area contributed by atoms with Crippen LogP contribution in [0.15, 0.2) is 66.9 Å². The third-order valence-corrected chi connectivity index (χ3v) is 6.67. The zero-order chi connectivity index (χ0) is 21.5. The van der Waals surface area contributed by atoms with E-state index in [2.05, 4.69) is 82.1 Å². The van der Waals surface area contributed by atoms with E-state index >= 15 is 0 Å². The first-order valence-electron chi connectivity index (χ1n) is 11.3. The number of likely N-dealkylation sites (N-methyl/N-ethyl adjacent to an activating group) is 1. The van der Waals surface area contributed by atoms with E-state index in [0.717, 1.165) is 60.0 Å². The molecule has 4 aromatic rings. The van der Waals surface area contributed by atoms with Crippen LogP contribution in [-0.2, 0) is 11.3 Å². The fourth-order valence-corrected chi connectivity index (χ4v) is 4.81. The molecular formula is C26H27N5O. The second kappa shape index (κ2) is 8.04. The van der Waals surface area contributed by atoms with E-state index in [1.165, 1.54) is 5.56 Å². The molecule has 1 atom stereocenters. The highest BCUT2D eigenvalue weighted by molar-refractivity contribution is 5.83. The highest BCUT2D eigenvalue weighted by Crippen LogP contribution is 2.33. The Bertz CT molecular complexity index is 1230. The zero-order valence-electron chi connectivity index (χ0n) is 18.3. The van der Waals surface area contributed by atoms with Crippen LogP contribution < -0.4 is 4.90 Å². The minimum atomic E-state index is 0.137. The van der Waals surface area contributed by atoms with Gasteiger partial charge in [0.2, 0.25) is 0 Å². The Labute approximate surface area is 188 Å². The number of hydrogen-bond acceptors (Lipinski definition) is 5. The summed E-state index contributed by atoms with van der Waals surface area (Å²) in [6.07, 6.45) is 2.00. The van der Waals surface area contributed by atoms with Crippen molar-refractivity contribution < 1.29 is 4.74 Å². The average molecular weight is 426 g/mol. The van der Waals surface area contributed by atoms with Gasteiger partial charge in [0.25, 0.3) is 0 Å². The Morgan fingerprint density at radius 3 is 2.50 bits per heavy atom. The predicted octanol–water partition coefficient (Wildman–Crippen LogP) is 3.97. The Morgan fingerprint density at radius 1 is 0.906 bits per heavy atom. The summed E-state index contributed by atoms with van der Waals surface area (Å²) in [7, 11) is 2.17. The van der Waals surface area contributed by atoms with Crippen molar-refractivity contribution in [2.45, 2.75) is 12.6 Å². The molecule has 2 aromatic heterocycles. The molecule has 6 nitrogen and oxygen atoms in total. The van der Waals surface area contributed by atoms with E-state index in [9.17, 15) is 0 Å². The molecule has 2 aliphatic heterocycles. The molecule has 1 unspecified atom stereocenters. The lowest BCUT2D eigenvalue weighted by atomic mass is 10.0. The first-order valence-corrected chi connectivity index (χ1v) is 11.3. The van der Waals surface area contributed by atoms with Gasteiger partial charge < -0.3 is 19.1 Å². The van der Waals surface area contributed by atoms with Gasteiger partial charge in [0.1, 0.15) is 18.2 Å². The van der Waals surface area contributed by atoms with Gasteiger partial charge in [-0.2, -0.15) is 0 Å². The number of fused-ring (bicyclic) bond motifs is 3. The van der Waals surface area contributed by atoms with Crippen LogP contribution in [0.4, 0.5) is 5.82 Å². The number of benzene rings is 2. The van der Waals surface area contributed by atoms with Crippen LogP contribution in [-0.4, -0.2) is 59.3 Å². The molecule has 0 spiro atoms. The van der Waals surface area contributed by atoms with E-state index in [0.29, 0.717) is 13.2 Å². The normalized spacial score (nSPS) is 19.3. The summed E-state index contributed by atoms with van der Waals surface area (Å²) in [4.78, 5) is 14.4. The van der Waals surface area contributed by atoms with Gasteiger partial charge in [0.15, 0.2) is 0 Å². The summed E-state index contributed by atoms with van der Waals surface area (Å²) in [6.45, 7) is 5.43. The summed E-state index contributed by atoms with van der Waals surface area (Å²) < 4.78 is 8.23. The third-order valence-electron chi connectivity index (χ3n) is 6.67. The molecule has 1 fully saturated rings. The SMILES string of the molecule is CN1CCN(c2ccc(-c3ccc4nc5n(c4c3)C(c3ccccc3)COC5)cn2)CC1. The maximum Gasteiger partial charge on any atom is 0.136 e. The molecule has 0 saturated carbocycles. The molecule has 2 aromatic carbocycles. The van der Waals surface area contributed by atoms with Gasteiger partial charge >= 0.3 is 0 Å². The van der Waals surface area contributed by atoms with Crippen molar-refractivity contribution in [1.82, 2.24) is 19.4 Å². The van der Waals surface area contributed by atoms with Crippen molar-refractivity contribution in [3.8, 4) is 11.1 Å². The minimum Gasteiger partial charge on any atom is -0.371 e. The number of piperazine rings is 1. The minimum absolute atomic E-state index is 0.137. The van der Waals surface area contributed by atoms with Crippen molar-refractivity contribution in [2.24, 2.45) is 0 Å². The van der Waals surface area contributed by atoms with E-state index in [-0.39, 0.29) is 6.04 Å². The molecule has 32 heavy (non-hydrogen) atoms.